The first-order valence-corrected chi connectivity index (χ1v) is 10.6. The molecule has 0 heterocycles. The smallest absolute Gasteiger partial charge is 0.302 e. The average molecular weight is 359 g/mol. The van der Waals surface area contributed by atoms with E-state index in [1.165, 1.54) is 26.2 Å². The number of rotatable bonds is 2. The Morgan fingerprint density at radius 2 is 1.81 bits per heavy atom. The van der Waals surface area contributed by atoms with Crippen LogP contribution in [0.5, 0.6) is 0 Å². The molecule has 3 nitrogen and oxygen atoms in total. The second-order valence-corrected chi connectivity index (χ2v) is 10.0. The summed E-state index contributed by atoms with van der Waals surface area (Å²) in [5, 5.41) is 0. The molecule has 3 saturated carbocycles. The number of esters is 1. The third-order valence-corrected chi connectivity index (χ3v) is 8.88. The SMILES string of the molecule is CC(=O)O[C@H]1CC[C@@]2(C)C(=CC[C@H]3[C@H]4CC[C@H](C(C)=O)[C@@]4(C)CC[C@@H]32)C1. The van der Waals surface area contributed by atoms with E-state index >= 15 is 0 Å². The van der Waals surface area contributed by atoms with E-state index in [-0.39, 0.29) is 28.8 Å². The summed E-state index contributed by atoms with van der Waals surface area (Å²) >= 11 is 0. The van der Waals surface area contributed by atoms with Crippen LogP contribution in [0.4, 0.5) is 0 Å². The van der Waals surface area contributed by atoms with Gasteiger partial charge in [-0.15, -0.1) is 0 Å². The number of hydrogen-bond donors (Lipinski definition) is 0. The van der Waals surface area contributed by atoms with Gasteiger partial charge in [0.2, 0.25) is 0 Å². The van der Waals surface area contributed by atoms with Crippen molar-refractivity contribution in [2.45, 2.75) is 85.2 Å². The Morgan fingerprint density at radius 1 is 1.04 bits per heavy atom. The first-order chi connectivity index (χ1) is 12.3. The van der Waals surface area contributed by atoms with Gasteiger partial charge in [0, 0.05) is 19.3 Å². The highest BCUT2D eigenvalue weighted by Gasteiger charge is 2.59. The Hall–Kier alpha value is -1.12. The first kappa shape index (κ1) is 18.3. The zero-order valence-electron chi connectivity index (χ0n) is 16.8. The van der Waals surface area contributed by atoms with Gasteiger partial charge in [-0.1, -0.05) is 25.5 Å². The maximum absolute atomic E-state index is 12.2. The van der Waals surface area contributed by atoms with Crippen LogP contribution in [0.3, 0.4) is 0 Å². The van der Waals surface area contributed by atoms with Gasteiger partial charge in [0.1, 0.15) is 11.9 Å². The lowest BCUT2D eigenvalue weighted by Gasteiger charge is -2.58. The minimum absolute atomic E-state index is 0.0748. The molecule has 0 aromatic heterocycles. The Kier molecular flexibility index (Phi) is 4.36. The van der Waals surface area contributed by atoms with Crippen LogP contribution >= 0.6 is 0 Å². The predicted molar refractivity (Wildman–Crippen MR) is 101 cm³/mol. The Morgan fingerprint density at radius 3 is 2.50 bits per heavy atom. The summed E-state index contributed by atoms with van der Waals surface area (Å²) in [7, 11) is 0. The van der Waals surface area contributed by atoms with Crippen molar-refractivity contribution in [1.29, 1.82) is 0 Å². The highest BCUT2D eigenvalue weighted by molar-refractivity contribution is 5.79. The summed E-state index contributed by atoms with van der Waals surface area (Å²) in [6.07, 6.45) is 11.6. The van der Waals surface area contributed by atoms with Crippen molar-refractivity contribution in [3.8, 4) is 0 Å². The van der Waals surface area contributed by atoms with E-state index in [0.29, 0.717) is 11.7 Å². The molecule has 0 unspecified atom stereocenters. The molecule has 144 valence electrons. The fraction of sp³-hybridized carbons (Fsp3) is 0.826. The molecule has 0 radical (unpaired) electrons. The lowest BCUT2D eigenvalue weighted by atomic mass is 9.47. The molecule has 4 aliphatic rings. The van der Waals surface area contributed by atoms with Crippen LogP contribution in [0.15, 0.2) is 11.6 Å². The number of carbonyl (C=O) groups is 2. The van der Waals surface area contributed by atoms with Crippen LogP contribution in [0, 0.1) is 34.5 Å². The summed E-state index contributed by atoms with van der Waals surface area (Å²) in [5.74, 6) is 2.72. The van der Waals surface area contributed by atoms with E-state index in [1.54, 1.807) is 12.5 Å². The number of fused-ring (bicyclic) bond motifs is 5. The van der Waals surface area contributed by atoms with Crippen LogP contribution in [-0.2, 0) is 14.3 Å². The van der Waals surface area contributed by atoms with Gasteiger partial charge >= 0.3 is 5.97 Å². The van der Waals surface area contributed by atoms with Gasteiger partial charge in [-0.3, -0.25) is 9.59 Å². The summed E-state index contributed by atoms with van der Waals surface area (Å²) < 4.78 is 5.53. The third kappa shape index (κ3) is 2.60. The Labute approximate surface area is 157 Å². The van der Waals surface area contributed by atoms with Crippen molar-refractivity contribution >= 4 is 11.8 Å². The normalized spacial score (nSPS) is 47.2. The summed E-state index contributed by atoms with van der Waals surface area (Å²) in [4.78, 5) is 23.6. The fourth-order valence-electron chi connectivity index (χ4n) is 7.63. The van der Waals surface area contributed by atoms with E-state index < -0.39 is 0 Å². The van der Waals surface area contributed by atoms with Crippen molar-refractivity contribution in [3.63, 3.8) is 0 Å². The lowest BCUT2D eigenvalue weighted by Crippen LogP contribution is -2.51. The predicted octanol–water partition coefficient (Wildman–Crippen LogP) is 5.09. The molecule has 0 aliphatic heterocycles. The molecular weight excluding hydrogens is 324 g/mol. The van der Waals surface area contributed by atoms with Crippen molar-refractivity contribution in [3.05, 3.63) is 11.6 Å². The van der Waals surface area contributed by atoms with Gasteiger partial charge in [0.15, 0.2) is 0 Å². The zero-order chi connectivity index (χ0) is 18.7. The van der Waals surface area contributed by atoms with Crippen LogP contribution in [0.1, 0.15) is 79.1 Å². The summed E-state index contributed by atoms with van der Waals surface area (Å²) in [6, 6.07) is 0. The molecular formula is C23H34O3. The van der Waals surface area contributed by atoms with Crippen molar-refractivity contribution in [2.24, 2.45) is 34.5 Å². The maximum atomic E-state index is 12.2. The molecule has 0 amide bonds. The van der Waals surface area contributed by atoms with E-state index in [4.69, 9.17) is 4.74 Å². The third-order valence-electron chi connectivity index (χ3n) is 8.88. The minimum Gasteiger partial charge on any atom is -0.462 e. The maximum Gasteiger partial charge on any atom is 0.302 e. The largest absolute Gasteiger partial charge is 0.462 e. The standard InChI is InChI=1S/C23H34O3/c1-14(24)19-7-8-20-18-6-5-16-13-17(26-15(2)25)9-11-22(16,3)21(18)10-12-23(19,20)4/h5,17-21H,6-13H2,1-4H3/t17-,18-,19+,20+,21-,22-,23+/m0/s1. The first-order valence-electron chi connectivity index (χ1n) is 10.6. The van der Waals surface area contributed by atoms with Gasteiger partial charge in [-0.05, 0) is 80.5 Å². The number of carbonyl (C=O) groups excluding carboxylic acids is 2. The lowest BCUT2D eigenvalue weighted by molar-refractivity contribution is -0.149. The number of Topliss-reactive ketones (excluding diaryl/α,β-unsaturated/α-hetero) is 1. The minimum atomic E-state index is -0.150. The zero-order valence-corrected chi connectivity index (χ0v) is 16.8. The number of allylic oxidation sites excluding steroid dienone is 1. The second-order valence-electron chi connectivity index (χ2n) is 10.0. The fourth-order valence-corrected chi connectivity index (χ4v) is 7.63. The van der Waals surface area contributed by atoms with Gasteiger partial charge in [-0.25, -0.2) is 0 Å². The topological polar surface area (TPSA) is 43.4 Å². The highest BCUT2D eigenvalue weighted by atomic mass is 16.5. The molecule has 0 bridgehead atoms. The molecule has 0 aromatic carbocycles. The molecule has 4 aliphatic carbocycles. The van der Waals surface area contributed by atoms with Crippen molar-refractivity contribution in [2.75, 3.05) is 0 Å². The molecule has 26 heavy (non-hydrogen) atoms. The molecule has 0 aromatic rings. The van der Waals surface area contributed by atoms with E-state index in [9.17, 15) is 9.59 Å². The number of hydrogen-bond acceptors (Lipinski definition) is 3. The number of ketones is 1. The number of ether oxygens (including phenoxy) is 1. The van der Waals surface area contributed by atoms with E-state index in [1.807, 2.05) is 0 Å². The Bertz CT molecular complexity index is 650. The molecule has 0 saturated heterocycles. The van der Waals surface area contributed by atoms with Gasteiger partial charge in [0.05, 0.1) is 0 Å². The summed E-state index contributed by atoms with van der Waals surface area (Å²) in [5.41, 5.74) is 2.04. The average Bonchev–Trinajstić information content (AvgIpc) is 2.92. The molecule has 4 rings (SSSR count). The van der Waals surface area contributed by atoms with Crippen LogP contribution in [0.2, 0.25) is 0 Å². The van der Waals surface area contributed by atoms with Crippen LogP contribution in [0.25, 0.3) is 0 Å². The van der Waals surface area contributed by atoms with Crippen LogP contribution in [-0.4, -0.2) is 17.9 Å². The van der Waals surface area contributed by atoms with Gasteiger partial charge in [-0.2, -0.15) is 0 Å². The van der Waals surface area contributed by atoms with Gasteiger partial charge < -0.3 is 4.74 Å². The highest BCUT2D eigenvalue weighted by Crippen LogP contribution is 2.66. The molecule has 3 fully saturated rings. The molecule has 3 heteroatoms. The molecule has 0 spiro atoms. The summed E-state index contributed by atoms with van der Waals surface area (Å²) in [6.45, 7) is 8.21. The van der Waals surface area contributed by atoms with Crippen LogP contribution < -0.4 is 0 Å². The Balaban J connectivity index is 1.59. The second kappa shape index (κ2) is 6.21. The van der Waals surface area contributed by atoms with Crippen molar-refractivity contribution < 1.29 is 14.3 Å². The monoisotopic (exact) mass is 358 g/mol. The quantitative estimate of drug-likeness (QED) is 0.510. The van der Waals surface area contributed by atoms with Crippen molar-refractivity contribution in [1.82, 2.24) is 0 Å². The van der Waals surface area contributed by atoms with E-state index in [0.717, 1.165) is 43.9 Å². The molecule has 0 N–H and O–H groups in total. The van der Waals surface area contributed by atoms with Gasteiger partial charge in [0.25, 0.3) is 0 Å². The van der Waals surface area contributed by atoms with E-state index in [2.05, 4.69) is 19.9 Å². The molecule has 7 atom stereocenters.